The van der Waals surface area contributed by atoms with Crippen LogP contribution >= 0.6 is 0 Å². The molecule has 0 bridgehead atoms. The van der Waals surface area contributed by atoms with Crippen LogP contribution in [-0.4, -0.2) is 22.8 Å². The van der Waals surface area contributed by atoms with Gasteiger partial charge in [0, 0.05) is 29.9 Å². The average Bonchev–Trinajstić information content (AvgIpc) is 2.90. The molecule has 0 aromatic heterocycles. The number of hydrogen-bond donors (Lipinski definition) is 1. The van der Waals surface area contributed by atoms with E-state index in [1.807, 2.05) is 37.3 Å². The number of halogens is 1. The predicted molar refractivity (Wildman–Crippen MR) is 116 cm³/mol. The first-order valence-corrected chi connectivity index (χ1v) is 10.2. The van der Waals surface area contributed by atoms with E-state index in [0.29, 0.717) is 30.9 Å². The molecule has 2 amide bonds. The summed E-state index contributed by atoms with van der Waals surface area (Å²) in [6, 6.07) is 20.6. The molecule has 1 aliphatic rings. The van der Waals surface area contributed by atoms with Gasteiger partial charge in [-0.1, -0.05) is 43.3 Å². The van der Waals surface area contributed by atoms with Crippen molar-refractivity contribution in [3.8, 4) is 5.75 Å². The second-order valence-corrected chi connectivity index (χ2v) is 7.48. The molecule has 0 spiro atoms. The summed E-state index contributed by atoms with van der Waals surface area (Å²) < 4.78 is 19.4. The molecule has 1 unspecified atom stereocenters. The van der Waals surface area contributed by atoms with E-state index >= 15 is 0 Å². The number of nitrogens with one attached hydrogen (secondary N) is 1. The topological polar surface area (TPSA) is 58.6 Å². The van der Waals surface area contributed by atoms with Gasteiger partial charge in [0.15, 0.2) is 6.10 Å². The van der Waals surface area contributed by atoms with E-state index in [2.05, 4.69) is 5.32 Å². The number of carbonyl (C=O) groups is 2. The zero-order valence-electron chi connectivity index (χ0n) is 17.2. The molecule has 0 radical (unpaired) electrons. The molecule has 31 heavy (non-hydrogen) atoms. The largest absolute Gasteiger partial charge is 0.480 e. The van der Waals surface area contributed by atoms with Crippen LogP contribution in [0.1, 0.15) is 34.8 Å². The van der Waals surface area contributed by atoms with Crippen molar-refractivity contribution in [2.75, 3.05) is 5.32 Å². The van der Waals surface area contributed by atoms with Gasteiger partial charge in [-0.2, -0.15) is 0 Å². The molecule has 3 aromatic carbocycles. The van der Waals surface area contributed by atoms with Gasteiger partial charge in [-0.3, -0.25) is 9.59 Å². The van der Waals surface area contributed by atoms with Crippen molar-refractivity contribution in [2.24, 2.45) is 0 Å². The normalized spacial score (nSPS) is 15.6. The fourth-order valence-corrected chi connectivity index (χ4v) is 3.62. The quantitative estimate of drug-likeness (QED) is 0.649. The Balaban J connectivity index is 1.59. The predicted octanol–water partition coefficient (Wildman–Crippen LogP) is 4.78. The first-order chi connectivity index (χ1) is 15.0. The molecule has 1 atom stereocenters. The average molecular weight is 418 g/mol. The van der Waals surface area contributed by atoms with Gasteiger partial charge in [0.25, 0.3) is 11.8 Å². The Labute approximate surface area is 180 Å². The number of carbonyl (C=O) groups excluding carboxylic acids is 2. The molecular formula is C25H23FN2O3. The minimum atomic E-state index is -0.558. The Morgan fingerprint density at radius 1 is 1.10 bits per heavy atom. The van der Waals surface area contributed by atoms with Gasteiger partial charge in [0.2, 0.25) is 0 Å². The zero-order valence-corrected chi connectivity index (χ0v) is 17.2. The van der Waals surface area contributed by atoms with Crippen molar-refractivity contribution in [1.29, 1.82) is 0 Å². The molecule has 0 aliphatic carbocycles. The Morgan fingerprint density at radius 2 is 1.90 bits per heavy atom. The lowest BCUT2D eigenvalue weighted by molar-refractivity contribution is -0.139. The molecular weight excluding hydrogens is 395 g/mol. The Morgan fingerprint density at radius 3 is 2.65 bits per heavy atom. The van der Waals surface area contributed by atoms with Gasteiger partial charge in [-0.15, -0.1) is 0 Å². The molecule has 3 aromatic rings. The summed E-state index contributed by atoms with van der Waals surface area (Å²) in [6.45, 7) is 2.75. The minimum Gasteiger partial charge on any atom is -0.480 e. The van der Waals surface area contributed by atoms with E-state index in [1.54, 1.807) is 29.2 Å². The summed E-state index contributed by atoms with van der Waals surface area (Å²) in [5.41, 5.74) is 2.62. The minimum absolute atomic E-state index is 0.0621. The van der Waals surface area contributed by atoms with Crippen molar-refractivity contribution in [3.05, 3.63) is 95.3 Å². The number of nitrogens with zero attached hydrogens (tertiary/aromatic N) is 1. The van der Waals surface area contributed by atoms with Gasteiger partial charge < -0.3 is 15.0 Å². The van der Waals surface area contributed by atoms with Crippen LogP contribution < -0.4 is 10.1 Å². The van der Waals surface area contributed by atoms with Crippen LogP contribution in [0.4, 0.5) is 10.1 Å². The van der Waals surface area contributed by atoms with E-state index in [-0.39, 0.29) is 11.5 Å². The number of ether oxygens (including phenoxy) is 1. The van der Waals surface area contributed by atoms with Crippen LogP contribution in [0.15, 0.2) is 72.8 Å². The van der Waals surface area contributed by atoms with E-state index in [4.69, 9.17) is 4.74 Å². The second-order valence-electron chi connectivity index (χ2n) is 7.48. The van der Waals surface area contributed by atoms with Crippen molar-refractivity contribution >= 4 is 17.5 Å². The lowest BCUT2D eigenvalue weighted by Gasteiger charge is -2.23. The summed E-state index contributed by atoms with van der Waals surface area (Å²) in [5, 5.41) is 2.79. The number of rotatable bonds is 5. The zero-order chi connectivity index (χ0) is 21.8. The van der Waals surface area contributed by atoms with Gasteiger partial charge in [0.05, 0.1) is 0 Å². The van der Waals surface area contributed by atoms with E-state index in [0.717, 1.165) is 11.1 Å². The molecule has 0 saturated carbocycles. The van der Waals surface area contributed by atoms with Crippen LogP contribution in [-0.2, 0) is 17.9 Å². The summed E-state index contributed by atoms with van der Waals surface area (Å²) in [6.07, 6.45) is -0.000523. The Hall–Kier alpha value is -3.67. The monoisotopic (exact) mass is 418 g/mol. The molecule has 158 valence electrons. The van der Waals surface area contributed by atoms with Crippen LogP contribution in [0.25, 0.3) is 0 Å². The Bertz CT molecular complexity index is 1100. The van der Waals surface area contributed by atoms with Crippen molar-refractivity contribution in [2.45, 2.75) is 32.5 Å². The number of fused-ring (bicyclic) bond motifs is 1. The highest BCUT2D eigenvalue weighted by Gasteiger charge is 2.30. The standard InChI is InChI=1S/C25H23FN2O3/c1-2-22-25(30)28(15-17-7-4-3-5-8-17)16-19-14-21(11-12-23(19)31-22)27-24(29)18-9-6-10-20(26)13-18/h3-14,22H,2,15-16H2,1H3,(H,27,29). The molecule has 4 rings (SSSR count). The number of anilines is 1. The van der Waals surface area contributed by atoms with E-state index in [9.17, 15) is 14.0 Å². The lowest BCUT2D eigenvalue weighted by atomic mass is 10.1. The first kappa shape index (κ1) is 20.6. The molecule has 5 nitrogen and oxygen atoms in total. The fourth-order valence-electron chi connectivity index (χ4n) is 3.62. The maximum atomic E-state index is 13.4. The maximum absolute atomic E-state index is 13.4. The van der Waals surface area contributed by atoms with Crippen molar-refractivity contribution < 1.29 is 18.7 Å². The van der Waals surface area contributed by atoms with Gasteiger partial charge in [-0.25, -0.2) is 4.39 Å². The third-order valence-electron chi connectivity index (χ3n) is 5.21. The van der Waals surface area contributed by atoms with E-state index < -0.39 is 17.8 Å². The third kappa shape index (κ3) is 4.74. The van der Waals surface area contributed by atoms with Crippen LogP contribution in [0, 0.1) is 5.82 Å². The highest BCUT2D eigenvalue weighted by molar-refractivity contribution is 6.04. The highest BCUT2D eigenvalue weighted by Crippen LogP contribution is 2.30. The van der Waals surface area contributed by atoms with Crippen molar-refractivity contribution in [3.63, 3.8) is 0 Å². The smallest absolute Gasteiger partial charge is 0.264 e. The van der Waals surface area contributed by atoms with Crippen LogP contribution in [0.2, 0.25) is 0 Å². The number of hydrogen-bond acceptors (Lipinski definition) is 3. The molecule has 1 N–H and O–H groups in total. The van der Waals surface area contributed by atoms with Gasteiger partial charge in [-0.05, 0) is 48.4 Å². The first-order valence-electron chi connectivity index (χ1n) is 10.2. The van der Waals surface area contributed by atoms with Gasteiger partial charge in [0.1, 0.15) is 11.6 Å². The van der Waals surface area contributed by atoms with Crippen LogP contribution in [0.5, 0.6) is 5.75 Å². The molecule has 0 fully saturated rings. The molecule has 1 heterocycles. The molecule has 6 heteroatoms. The second kappa shape index (κ2) is 9.00. The van der Waals surface area contributed by atoms with Crippen molar-refractivity contribution in [1.82, 2.24) is 4.90 Å². The number of amides is 2. The summed E-state index contributed by atoms with van der Waals surface area (Å²) in [7, 11) is 0. The molecule has 1 aliphatic heterocycles. The lowest BCUT2D eigenvalue weighted by Crippen LogP contribution is -2.38. The third-order valence-corrected chi connectivity index (χ3v) is 5.21. The van der Waals surface area contributed by atoms with E-state index in [1.165, 1.54) is 18.2 Å². The number of benzene rings is 3. The summed E-state index contributed by atoms with van der Waals surface area (Å²) in [5.74, 6) is -0.311. The summed E-state index contributed by atoms with van der Waals surface area (Å²) in [4.78, 5) is 27.3. The van der Waals surface area contributed by atoms with Gasteiger partial charge >= 0.3 is 0 Å². The maximum Gasteiger partial charge on any atom is 0.264 e. The summed E-state index contributed by atoms with van der Waals surface area (Å²) >= 11 is 0. The SMILES string of the molecule is CCC1Oc2ccc(NC(=O)c3cccc(F)c3)cc2CN(Cc2ccccc2)C1=O. The Kier molecular flexibility index (Phi) is 5.98. The molecule has 0 saturated heterocycles. The van der Waals surface area contributed by atoms with Crippen LogP contribution in [0.3, 0.4) is 0 Å². The highest BCUT2D eigenvalue weighted by atomic mass is 19.1. The fraction of sp³-hybridized carbons (Fsp3) is 0.200.